The number of fused-ring (bicyclic) bond motifs is 3. The van der Waals surface area contributed by atoms with Crippen molar-refractivity contribution in [3.05, 3.63) is 120 Å². The van der Waals surface area contributed by atoms with Gasteiger partial charge in [-0.3, -0.25) is 9.59 Å². The van der Waals surface area contributed by atoms with Gasteiger partial charge in [0.05, 0.1) is 12.3 Å². The summed E-state index contributed by atoms with van der Waals surface area (Å²) >= 11 is 0. The SMILES string of the molecule is CC(C)(C)OC(=O)CC(N)C(C(=O)OCC1c2ccccc2-c2ccccc21)c1ccc(OS(=O)(=O)c2ccccc2)cc1. The normalized spacial score (nSPS) is 14.2. The van der Waals surface area contributed by atoms with E-state index in [-0.39, 0.29) is 29.6 Å². The maximum atomic E-state index is 13.7. The smallest absolute Gasteiger partial charge is 0.339 e. The Balaban J connectivity index is 1.38. The van der Waals surface area contributed by atoms with Crippen molar-refractivity contribution in [3.8, 4) is 16.9 Å². The lowest BCUT2D eigenvalue weighted by Crippen LogP contribution is -2.38. The molecule has 0 spiro atoms. The summed E-state index contributed by atoms with van der Waals surface area (Å²) in [5.74, 6) is -2.28. The highest BCUT2D eigenvalue weighted by Crippen LogP contribution is 2.44. The van der Waals surface area contributed by atoms with Crippen molar-refractivity contribution in [2.45, 2.75) is 55.6 Å². The molecule has 0 aromatic heterocycles. The number of carbonyl (C=O) groups is 2. The number of esters is 2. The number of hydrogen-bond acceptors (Lipinski definition) is 8. The Labute approximate surface area is 257 Å². The molecule has 0 aliphatic heterocycles. The van der Waals surface area contributed by atoms with Crippen molar-refractivity contribution in [3.63, 3.8) is 0 Å². The molecule has 0 radical (unpaired) electrons. The van der Waals surface area contributed by atoms with Crippen LogP contribution in [0.4, 0.5) is 0 Å². The lowest BCUT2D eigenvalue weighted by Gasteiger charge is -2.25. The monoisotopic (exact) mass is 613 g/mol. The molecule has 2 N–H and O–H groups in total. The average molecular weight is 614 g/mol. The van der Waals surface area contributed by atoms with Crippen molar-refractivity contribution in [1.29, 1.82) is 0 Å². The Hall–Kier alpha value is -4.47. The summed E-state index contributed by atoms with van der Waals surface area (Å²) < 4.78 is 42.1. The summed E-state index contributed by atoms with van der Waals surface area (Å²) in [6, 6.07) is 28.8. The molecule has 2 atom stereocenters. The number of carbonyl (C=O) groups excluding carboxylic acids is 2. The van der Waals surface area contributed by atoms with Crippen molar-refractivity contribution >= 4 is 22.1 Å². The minimum absolute atomic E-state index is 0.0139. The van der Waals surface area contributed by atoms with Crippen LogP contribution in [0.2, 0.25) is 0 Å². The van der Waals surface area contributed by atoms with Crippen LogP contribution >= 0.6 is 0 Å². The van der Waals surface area contributed by atoms with Crippen LogP contribution in [-0.4, -0.2) is 38.6 Å². The van der Waals surface area contributed by atoms with Gasteiger partial charge in [-0.05, 0) is 72.9 Å². The molecular formula is C35H35NO7S. The first-order valence-corrected chi connectivity index (χ1v) is 15.8. The standard InChI is InChI=1S/C35H35NO7S/c1-35(2,3)42-32(37)21-31(36)33(23-17-19-24(20-18-23)43-44(39,40)25-11-5-4-6-12-25)34(38)41-22-30-28-15-9-7-13-26(28)27-14-8-10-16-29(27)30/h4-20,30-31,33H,21-22,36H2,1-3H3. The molecule has 1 aliphatic carbocycles. The number of nitrogens with two attached hydrogens (primary N) is 1. The van der Waals surface area contributed by atoms with E-state index in [4.69, 9.17) is 19.4 Å². The summed E-state index contributed by atoms with van der Waals surface area (Å²) in [5, 5.41) is 0. The largest absolute Gasteiger partial charge is 0.464 e. The van der Waals surface area contributed by atoms with E-state index in [1.54, 1.807) is 51.1 Å². The molecule has 0 fully saturated rings. The molecule has 1 aliphatic rings. The van der Waals surface area contributed by atoms with Gasteiger partial charge < -0.3 is 19.4 Å². The molecular weight excluding hydrogens is 578 g/mol. The van der Waals surface area contributed by atoms with Gasteiger partial charge in [-0.15, -0.1) is 0 Å². The van der Waals surface area contributed by atoms with Gasteiger partial charge in [-0.1, -0.05) is 78.9 Å². The fourth-order valence-corrected chi connectivity index (χ4v) is 6.39. The first kappa shape index (κ1) is 31.0. The van der Waals surface area contributed by atoms with Crippen molar-refractivity contribution < 1.29 is 31.7 Å². The van der Waals surface area contributed by atoms with Crippen molar-refractivity contribution in [2.75, 3.05) is 6.61 Å². The van der Waals surface area contributed by atoms with E-state index in [1.165, 1.54) is 24.3 Å². The molecule has 2 unspecified atom stereocenters. The van der Waals surface area contributed by atoms with Gasteiger partial charge in [0.25, 0.3) is 0 Å². The zero-order chi connectivity index (χ0) is 31.5. The fourth-order valence-electron chi connectivity index (χ4n) is 5.44. The molecule has 9 heteroatoms. The highest BCUT2D eigenvalue weighted by Gasteiger charge is 2.34. The van der Waals surface area contributed by atoms with Crippen LogP contribution in [-0.2, 0) is 29.2 Å². The molecule has 8 nitrogen and oxygen atoms in total. The van der Waals surface area contributed by atoms with Crippen LogP contribution < -0.4 is 9.92 Å². The van der Waals surface area contributed by atoms with Crippen LogP contribution in [0.3, 0.4) is 0 Å². The summed E-state index contributed by atoms with van der Waals surface area (Å²) in [7, 11) is -4.06. The molecule has 0 saturated carbocycles. The van der Waals surface area contributed by atoms with Gasteiger partial charge >= 0.3 is 22.1 Å². The summed E-state index contributed by atoms with van der Waals surface area (Å²) in [5.41, 5.74) is 10.6. The number of hydrogen-bond donors (Lipinski definition) is 1. The second-order valence-electron chi connectivity index (χ2n) is 11.7. The third kappa shape index (κ3) is 7.01. The number of rotatable bonds is 10. The molecule has 4 aromatic rings. The second-order valence-corrected chi connectivity index (χ2v) is 13.3. The quantitative estimate of drug-likeness (QED) is 0.172. The Kier molecular flexibility index (Phi) is 8.90. The predicted molar refractivity (Wildman–Crippen MR) is 167 cm³/mol. The zero-order valence-electron chi connectivity index (χ0n) is 24.8. The van der Waals surface area contributed by atoms with Gasteiger partial charge in [0.15, 0.2) is 0 Å². The van der Waals surface area contributed by atoms with Gasteiger partial charge in [0.1, 0.15) is 22.9 Å². The van der Waals surface area contributed by atoms with Crippen LogP contribution in [0.1, 0.15) is 55.7 Å². The van der Waals surface area contributed by atoms with Gasteiger partial charge in [-0.25, -0.2) is 0 Å². The molecule has 4 aromatic carbocycles. The van der Waals surface area contributed by atoms with Gasteiger partial charge in [-0.2, -0.15) is 8.42 Å². The first-order valence-electron chi connectivity index (χ1n) is 14.3. The fraction of sp³-hybridized carbons (Fsp3) is 0.257. The minimum Gasteiger partial charge on any atom is -0.464 e. The van der Waals surface area contributed by atoms with Crippen LogP contribution in [0.5, 0.6) is 5.75 Å². The second kappa shape index (κ2) is 12.6. The van der Waals surface area contributed by atoms with Crippen molar-refractivity contribution in [2.24, 2.45) is 5.73 Å². The Morgan fingerprint density at radius 1 is 0.795 bits per heavy atom. The van der Waals surface area contributed by atoms with E-state index in [2.05, 4.69) is 12.1 Å². The van der Waals surface area contributed by atoms with E-state index < -0.39 is 39.6 Å². The summed E-state index contributed by atoms with van der Waals surface area (Å²) in [6.07, 6.45) is -0.229. The predicted octanol–water partition coefficient (Wildman–Crippen LogP) is 5.95. The third-order valence-corrected chi connectivity index (χ3v) is 8.60. The summed E-state index contributed by atoms with van der Waals surface area (Å²) in [6.45, 7) is 5.34. The molecule has 44 heavy (non-hydrogen) atoms. The molecule has 5 rings (SSSR count). The third-order valence-electron chi connectivity index (χ3n) is 7.34. The van der Waals surface area contributed by atoms with Gasteiger partial charge in [0, 0.05) is 12.0 Å². The van der Waals surface area contributed by atoms with Crippen LogP contribution in [0.25, 0.3) is 11.1 Å². The molecule has 0 amide bonds. The Morgan fingerprint density at radius 2 is 1.34 bits per heavy atom. The maximum Gasteiger partial charge on any atom is 0.339 e. The van der Waals surface area contributed by atoms with E-state index >= 15 is 0 Å². The average Bonchev–Trinajstić information content (AvgIpc) is 3.30. The number of ether oxygens (including phenoxy) is 2. The van der Waals surface area contributed by atoms with E-state index in [1.807, 2.05) is 36.4 Å². The highest BCUT2D eigenvalue weighted by molar-refractivity contribution is 7.87. The molecule has 0 bridgehead atoms. The Morgan fingerprint density at radius 3 is 1.91 bits per heavy atom. The van der Waals surface area contributed by atoms with Crippen LogP contribution in [0, 0.1) is 0 Å². The molecule has 228 valence electrons. The molecule has 0 saturated heterocycles. The number of benzene rings is 4. The first-order chi connectivity index (χ1) is 20.9. The zero-order valence-corrected chi connectivity index (χ0v) is 25.6. The van der Waals surface area contributed by atoms with Gasteiger partial charge in [0.2, 0.25) is 0 Å². The topological polar surface area (TPSA) is 122 Å². The van der Waals surface area contributed by atoms with Crippen molar-refractivity contribution in [1.82, 2.24) is 0 Å². The van der Waals surface area contributed by atoms with E-state index in [9.17, 15) is 18.0 Å². The lowest BCUT2D eigenvalue weighted by atomic mass is 9.89. The van der Waals surface area contributed by atoms with E-state index in [0.29, 0.717) is 5.56 Å². The Bertz CT molecular complexity index is 1700. The van der Waals surface area contributed by atoms with Crippen LogP contribution in [0.15, 0.2) is 108 Å². The highest BCUT2D eigenvalue weighted by atomic mass is 32.2. The maximum absolute atomic E-state index is 13.7. The van der Waals surface area contributed by atoms with E-state index in [0.717, 1.165) is 22.3 Å². The lowest BCUT2D eigenvalue weighted by molar-refractivity contribution is -0.155. The summed E-state index contributed by atoms with van der Waals surface area (Å²) in [4.78, 5) is 26.4. The minimum atomic E-state index is -4.06. The molecule has 0 heterocycles.